The summed E-state index contributed by atoms with van der Waals surface area (Å²) in [7, 11) is 0. The molecule has 0 amide bonds. The van der Waals surface area contributed by atoms with Crippen molar-refractivity contribution in [3.63, 3.8) is 0 Å². The molecular weight excluding hydrogens is 237 g/mol. The first-order valence-corrected chi connectivity index (χ1v) is 5.90. The molecule has 98 valence electrons. The van der Waals surface area contributed by atoms with Crippen LogP contribution in [0.25, 0.3) is 0 Å². The molecule has 0 saturated heterocycles. The van der Waals surface area contributed by atoms with Crippen molar-refractivity contribution in [3.8, 4) is 0 Å². The number of carboxylic acid groups (broad SMARTS) is 1. The van der Waals surface area contributed by atoms with Crippen LogP contribution in [0, 0.1) is 11.2 Å². The normalized spacial score (nSPS) is 16.6. The van der Waals surface area contributed by atoms with E-state index in [-0.39, 0.29) is 17.6 Å². The maximum atomic E-state index is 13.4. The molecule has 0 aromatic heterocycles. The van der Waals surface area contributed by atoms with Crippen LogP contribution in [0.1, 0.15) is 28.8 Å². The van der Waals surface area contributed by atoms with Gasteiger partial charge in [-0.05, 0) is 30.5 Å². The van der Waals surface area contributed by atoms with Crippen molar-refractivity contribution in [2.75, 3.05) is 13.2 Å². The van der Waals surface area contributed by atoms with Crippen LogP contribution in [0.5, 0.6) is 0 Å². The molecule has 1 aromatic carbocycles. The lowest BCUT2D eigenvalue weighted by molar-refractivity contribution is 0.0692. The fourth-order valence-corrected chi connectivity index (χ4v) is 1.88. The SMILES string of the molecule is O=C(O)c1ccc(CNCC2(CO)CC2)cc1F. The summed E-state index contributed by atoms with van der Waals surface area (Å²) in [6.07, 6.45) is 2.03. The lowest BCUT2D eigenvalue weighted by Gasteiger charge is -2.12. The maximum absolute atomic E-state index is 13.4. The van der Waals surface area contributed by atoms with Crippen molar-refractivity contribution in [3.05, 3.63) is 35.1 Å². The number of hydrogen-bond acceptors (Lipinski definition) is 3. The Kier molecular flexibility index (Phi) is 3.63. The van der Waals surface area contributed by atoms with Crippen LogP contribution in [0.3, 0.4) is 0 Å². The maximum Gasteiger partial charge on any atom is 0.338 e. The molecule has 18 heavy (non-hydrogen) atoms. The van der Waals surface area contributed by atoms with E-state index in [9.17, 15) is 9.18 Å². The van der Waals surface area contributed by atoms with Crippen LogP contribution in [0.2, 0.25) is 0 Å². The number of aromatic carboxylic acids is 1. The molecule has 1 aromatic rings. The Hall–Kier alpha value is -1.46. The highest BCUT2D eigenvalue weighted by molar-refractivity contribution is 5.87. The van der Waals surface area contributed by atoms with E-state index in [4.69, 9.17) is 10.2 Å². The van der Waals surface area contributed by atoms with Crippen molar-refractivity contribution in [1.82, 2.24) is 5.32 Å². The highest BCUT2D eigenvalue weighted by Crippen LogP contribution is 2.44. The average Bonchev–Trinajstić information content (AvgIpc) is 3.09. The van der Waals surface area contributed by atoms with Crippen LogP contribution in [-0.4, -0.2) is 29.3 Å². The van der Waals surface area contributed by atoms with Crippen molar-refractivity contribution >= 4 is 5.97 Å². The highest BCUT2D eigenvalue weighted by atomic mass is 19.1. The van der Waals surface area contributed by atoms with Crippen molar-refractivity contribution in [1.29, 1.82) is 0 Å². The van der Waals surface area contributed by atoms with Crippen LogP contribution in [-0.2, 0) is 6.54 Å². The minimum absolute atomic E-state index is 0.0134. The van der Waals surface area contributed by atoms with Crippen LogP contribution in [0.15, 0.2) is 18.2 Å². The van der Waals surface area contributed by atoms with Gasteiger partial charge in [0.2, 0.25) is 0 Å². The Morgan fingerprint density at radius 3 is 2.67 bits per heavy atom. The van der Waals surface area contributed by atoms with Crippen molar-refractivity contribution in [2.24, 2.45) is 5.41 Å². The molecule has 1 aliphatic carbocycles. The second-order valence-electron chi connectivity index (χ2n) is 4.88. The summed E-state index contributed by atoms with van der Waals surface area (Å²) < 4.78 is 13.4. The summed E-state index contributed by atoms with van der Waals surface area (Å²) in [5.41, 5.74) is 0.401. The Labute approximate surface area is 104 Å². The molecule has 0 bridgehead atoms. The molecule has 1 fully saturated rings. The van der Waals surface area contributed by atoms with Gasteiger partial charge in [-0.15, -0.1) is 0 Å². The largest absolute Gasteiger partial charge is 0.478 e. The molecular formula is C13H16FNO3. The molecule has 0 atom stereocenters. The molecule has 5 heteroatoms. The number of hydrogen-bond donors (Lipinski definition) is 3. The van der Waals surface area contributed by atoms with Gasteiger partial charge in [0.05, 0.1) is 5.56 Å². The Morgan fingerprint density at radius 1 is 1.44 bits per heavy atom. The van der Waals surface area contributed by atoms with E-state index >= 15 is 0 Å². The van der Waals surface area contributed by atoms with E-state index in [0.29, 0.717) is 18.7 Å². The summed E-state index contributed by atoms with van der Waals surface area (Å²) in [6.45, 7) is 1.34. The minimum atomic E-state index is -1.26. The number of benzene rings is 1. The molecule has 0 spiro atoms. The van der Waals surface area contributed by atoms with Gasteiger partial charge >= 0.3 is 5.97 Å². The second kappa shape index (κ2) is 5.04. The number of carbonyl (C=O) groups is 1. The molecule has 4 nitrogen and oxygen atoms in total. The third kappa shape index (κ3) is 2.86. The first-order chi connectivity index (χ1) is 8.56. The van der Waals surface area contributed by atoms with Gasteiger partial charge in [-0.25, -0.2) is 9.18 Å². The first-order valence-electron chi connectivity index (χ1n) is 5.90. The topological polar surface area (TPSA) is 69.6 Å². The number of aliphatic hydroxyl groups is 1. The molecule has 0 heterocycles. The molecule has 0 radical (unpaired) electrons. The number of carboxylic acids is 1. The summed E-state index contributed by atoms with van der Waals surface area (Å²) in [6, 6.07) is 4.10. The Bertz CT molecular complexity index is 458. The van der Waals surface area contributed by atoms with E-state index < -0.39 is 11.8 Å². The zero-order valence-electron chi connectivity index (χ0n) is 9.95. The summed E-state index contributed by atoms with van der Waals surface area (Å²) in [5, 5.41) is 21.0. The third-order valence-corrected chi connectivity index (χ3v) is 3.39. The van der Waals surface area contributed by atoms with Crippen LogP contribution >= 0.6 is 0 Å². The van der Waals surface area contributed by atoms with Crippen molar-refractivity contribution in [2.45, 2.75) is 19.4 Å². The zero-order valence-corrected chi connectivity index (χ0v) is 9.95. The molecule has 3 N–H and O–H groups in total. The monoisotopic (exact) mass is 253 g/mol. The van der Waals surface area contributed by atoms with Gasteiger partial charge in [0, 0.05) is 25.1 Å². The number of aliphatic hydroxyl groups excluding tert-OH is 1. The van der Waals surface area contributed by atoms with Gasteiger partial charge in [0.25, 0.3) is 0 Å². The van der Waals surface area contributed by atoms with E-state index in [1.807, 2.05) is 0 Å². The molecule has 1 saturated carbocycles. The predicted molar refractivity (Wildman–Crippen MR) is 63.8 cm³/mol. The second-order valence-corrected chi connectivity index (χ2v) is 4.88. The molecule has 0 aliphatic heterocycles. The number of halogens is 1. The average molecular weight is 253 g/mol. The first kappa shape index (κ1) is 13.0. The quantitative estimate of drug-likeness (QED) is 0.716. The highest BCUT2D eigenvalue weighted by Gasteiger charge is 2.41. The van der Waals surface area contributed by atoms with Gasteiger partial charge in [0.1, 0.15) is 5.82 Å². The Balaban J connectivity index is 1.90. The van der Waals surface area contributed by atoms with Gasteiger partial charge in [-0.3, -0.25) is 0 Å². The van der Waals surface area contributed by atoms with E-state index in [2.05, 4.69) is 5.32 Å². The smallest absolute Gasteiger partial charge is 0.338 e. The summed E-state index contributed by atoms with van der Waals surface area (Å²) in [4.78, 5) is 10.6. The predicted octanol–water partition coefficient (Wildman–Crippen LogP) is 1.39. The lowest BCUT2D eigenvalue weighted by Crippen LogP contribution is -2.26. The fourth-order valence-electron chi connectivity index (χ4n) is 1.88. The lowest BCUT2D eigenvalue weighted by atomic mass is 10.1. The zero-order chi connectivity index (χ0) is 13.2. The summed E-state index contributed by atoms with van der Waals surface area (Å²) in [5.74, 6) is -1.98. The van der Waals surface area contributed by atoms with Crippen molar-refractivity contribution < 1.29 is 19.4 Å². The van der Waals surface area contributed by atoms with E-state index in [1.165, 1.54) is 12.1 Å². The standard InChI is InChI=1S/C13H16FNO3/c14-11-5-9(1-2-10(11)12(17)18)6-15-7-13(8-16)3-4-13/h1-2,5,15-16H,3-4,6-8H2,(H,17,18). The minimum Gasteiger partial charge on any atom is -0.478 e. The van der Waals surface area contributed by atoms with Gasteiger partial charge in [-0.1, -0.05) is 6.07 Å². The summed E-state index contributed by atoms with van der Waals surface area (Å²) >= 11 is 0. The fraction of sp³-hybridized carbons (Fsp3) is 0.462. The van der Waals surface area contributed by atoms with Gasteiger partial charge in [-0.2, -0.15) is 0 Å². The van der Waals surface area contributed by atoms with Crippen LogP contribution < -0.4 is 5.32 Å². The van der Waals surface area contributed by atoms with E-state index in [0.717, 1.165) is 12.8 Å². The third-order valence-electron chi connectivity index (χ3n) is 3.39. The van der Waals surface area contributed by atoms with Gasteiger partial charge in [0.15, 0.2) is 0 Å². The molecule has 2 rings (SSSR count). The van der Waals surface area contributed by atoms with Gasteiger partial charge < -0.3 is 15.5 Å². The Morgan fingerprint density at radius 2 is 2.17 bits per heavy atom. The molecule has 1 aliphatic rings. The number of rotatable bonds is 6. The molecule has 0 unspecified atom stereocenters. The van der Waals surface area contributed by atoms with Crippen LogP contribution in [0.4, 0.5) is 4.39 Å². The van der Waals surface area contributed by atoms with E-state index in [1.54, 1.807) is 6.07 Å². The number of nitrogens with one attached hydrogen (secondary N) is 1.